The number of amides is 2. The number of alkyl carbamates (subject to hydrolysis) is 1. The number of fused-ring (bicyclic) bond motifs is 3. The average Bonchev–Trinajstić information content (AvgIpc) is 3.55. The lowest BCUT2D eigenvalue weighted by Gasteiger charge is -2.27. The average molecular weight is 450 g/mol. The fourth-order valence-electron chi connectivity index (χ4n) is 5.22. The summed E-state index contributed by atoms with van der Waals surface area (Å²) in [6.45, 7) is 0.878. The Hall–Kier alpha value is -3.39. The zero-order valence-corrected chi connectivity index (χ0v) is 18.1. The summed E-state index contributed by atoms with van der Waals surface area (Å²) < 4.78 is 11.2. The highest BCUT2D eigenvalue weighted by Gasteiger charge is 2.43. The summed E-state index contributed by atoms with van der Waals surface area (Å²) in [5, 5.41) is 12.1. The van der Waals surface area contributed by atoms with Crippen LogP contribution in [0, 0.1) is 0 Å². The zero-order chi connectivity index (χ0) is 22.9. The molecule has 2 amide bonds. The van der Waals surface area contributed by atoms with Gasteiger partial charge in [-0.05, 0) is 41.5 Å². The van der Waals surface area contributed by atoms with Crippen LogP contribution in [0.25, 0.3) is 11.1 Å². The second kappa shape index (κ2) is 8.86. The molecule has 2 aromatic carbocycles. The Morgan fingerprint density at radius 1 is 1.03 bits per heavy atom. The molecule has 1 unspecified atom stereocenters. The van der Waals surface area contributed by atoms with Gasteiger partial charge in [0.2, 0.25) is 0 Å². The quantitative estimate of drug-likeness (QED) is 0.726. The number of likely N-dealkylation sites (tertiary alicyclic amines) is 1. The minimum absolute atomic E-state index is 0.0543. The minimum atomic E-state index is -1.01. The SMILES string of the molecule is O=C(N[C@H]1CCO[C@H]1C(=O)N1CCCC1C(=O)O)OCC1c2ccccc2-c2ccccc21. The fraction of sp³-hybridized carbons (Fsp3) is 0.400. The van der Waals surface area contributed by atoms with Crippen molar-refractivity contribution in [1.82, 2.24) is 10.2 Å². The van der Waals surface area contributed by atoms with Crippen LogP contribution < -0.4 is 5.32 Å². The Kier molecular flexibility index (Phi) is 5.76. The first kappa shape index (κ1) is 21.5. The van der Waals surface area contributed by atoms with Gasteiger partial charge in [-0.25, -0.2) is 9.59 Å². The van der Waals surface area contributed by atoms with E-state index in [1.54, 1.807) is 0 Å². The molecule has 3 aliphatic rings. The first-order valence-corrected chi connectivity index (χ1v) is 11.3. The van der Waals surface area contributed by atoms with Crippen molar-refractivity contribution in [1.29, 1.82) is 0 Å². The third kappa shape index (κ3) is 3.95. The highest BCUT2D eigenvalue weighted by Crippen LogP contribution is 2.44. The normalized spacial score (nSPS) is 23.8. The maximum atomic E-state index is 12.9. The lowest BCUT2D eigenvalue weighted by molar-refractivity contribution is -0.152. The minimum Gasteiger partial charge on any atom is -0.480 e. The van der Waals surface area contributed by atoms with Gasteiger partial charge in [0.05, 0.1) is 6.04 Å². The molecule has 0 spiro atoms. The van der Waals surface area contributed by atoms with Gasteiger partial charge in [0.15, 0.2) is 6.10 Å². The third-order valence-corrected chi connectivity index (χ3v) is 6.80. The van der Waals surface area contributed by atoms with Crippen LogP contribution in [0.3, 0.4) is 0 Å². The number of hydrogen-bond donors (Lipinski definition) is 2. The van der Waals surface area contributed by atoms with Crippen LogP contribution in [0.4, 0.5) is 4.79 Å². The van der Waals surface area contributed by atoms with E-state index in [1.807, 2.05) is 24.3 Å². The van der Waals surface area contributed by atoms with Gasteiger partial charge in [0, 0.05) is 19.1 Å². The molecule has 8 nitrogen and oxygen atoms in total. The molecule has 33 heavy (non-hydrogen) atoms. The fourth-order valence-corrected chi connectivity index (χ4v) is 5.22. The van der Waals surface area contributed by atoms with Gasteiger partial charge < -0.3 is 24.8 Å². The first-order chi connectivity index (χ1) is 16.0. The van der Waals surface area contributed by atoms with E-state index in [9.17, 15) is 19.5 Å². The van der Waals surface area contributed by atoms with Crippen LogP contribution in [0.2, 0.25) is 0 Å². The Labute approximate surface area is 191 Å². The number of nitrogens with one attached hydrogen (secondary N) is 1. The standard InChI is InChI=1S/C25H26N2O6/c28-23(27-12-5-10-21(27)24(29)30)22-20(11-13-32-22)26-25(31)33-14-19-17-8-3-1-6-15(17)16-7-2-4-9-18(16)19/h1-4,6-9,19-22H,5,10-14H2,(H,26,31)(H,29,30)/t20-,21?,22+/m0/s1. The number of carboxylic acids is 1. The van der Waals surface area contributed by atoms with E-state index >= 15 is 0 Å². The van der Waals surface area contributed by atoms with Crippen molar-refractivity contribution >= 4 is 18.0 Å². The number of aliphatic carboxylic acids is 1. The van der Waals surface area contributed by atoms with Gasteiger partial charge >= 0.3 is 12.1 Å². The maximum absolute atomic E-state index is 12.9. The molecule has 8 heteroatoms. The van der Waals surface area contributed by atoms with Gasteiger partial charge in [-0.1, -0.05) is 48.5 Å². The summed E-state index contributed by atoms with van der Waals surface area (Å²) in [6.07, 6.45) is 0.0245. The van der Waals surface area contributed by atoms with Crippen LogP contribution in [-0.2, 0) is 19.1 Å². The number of carboxylic acid groups (broad SMARTS) is 1. The first-order valence-electron chi connectivity index (χ1n) is 11.3. The van der Waals surface area contributed by atoms with Crippen molar-refractivity contribution in [2.75, 3.05) is 19.8 Å². The van der Waals surface area contributed by atoms with Gasteiger partial charge in [-0.15, -0.1) is 0 Å². The number of benzene rings is 2. The monoisotopic (exact) mass is 450 g/mol. The van der Waals surface area contributed by atoms with Crippen molar-refractivity contribution in [3.63, 3.8) is 0 Å². The molecule has 0 saturated carbocycles. The second-order valence-electron chi connectivity index (χ2n) is 8.68. The molecule has 2 N–H and O–H groups in total. The molecule has 2 aliphatic heterocycles. The van der Waals surface area contributed by atoms with Crippen molar-refractivity contribution in [3.8, 4) is 11.1 Å². The summed E-state index contributed by atoms with van der Waals surface area (Å²) in [5.41, 5.74) is 4.54. The van der Waals surface area contributed by atoms with Crippen molar-refractivity contribution in [2.45, 2.75) is 43.4 Å². The summed E-state index contributed by atoms with van der Waals surface area (Å²) in [5.74, 6) is -1.46. The van der Waals surface area contributed by atoms with Gasteiger partial charge in [-0.3, -0.25) is 4.79 Å². The number of hydrogen-bond acceptors (Lipinski definition) is 5. The Balaban J connectivity index is 1.23. The van der Waals surface area contributed by atoms with Crippen molar-refractivity contribution < 1.29 is 29.0 Å². The van der Waals surface area contributed by atoms with E-state index in [-0.39, 0.29) is 18.4 Å². The maximum Gasteiger partial charge on any atom is 0.407 e. The molecule has 0 radical (unpaired) electrons. The largest absolute Gasteiger partial charge is 0.480 e. The van der Waals surface area contributed by atoms with Gasteiger partial charge in [0.25, 0.3) is 5.91 Å². The summed E-state index contributed by atoms with van der Waals surface area (Å²) >= 11 is 0. The van der Waals surface area contributed by atoms with Crippen LogP contribution in [0.1, 0.15) is 36.3 Å². The summed E-state index contributed by atoms with van der Waals surface area (Å²) in [7, 11) is 0. The van der Waals surface area contributed by atoms with E-state index in [1.165, 1.54) is 4.90 Å². The Bertz CT molecular complexity index is 1040. The predicted octanol–water partition coefficient (Wildman–Crippen LogP) is 2.76. The summed E-state index contributed by atoms with van der Waals surface area (Å²) in [6, 6.07) is 14.8. The van der Waals surface area contributed by atoms with Crippen LogP contribution in [0.15, 0.2) is 48.5 Å². The van der Waals surface area contributed by atoms with E-state index in [0.717, 1.165) is 22.3 Å². The van der Waals surface area contributed by atoms with E-state index < -0.39 is 30.3 Å². The number of rotatable bonds is 5. The van der Waals surface area contributed by atoms with E-state index in [0.29, 0.717) is 32.4 Å². The van der Waals surface area contributed by atoms with E-state index in [2.05, 4.69) is 29.6 Å². The number of carbonyl (C=O) groups is 3. The summed E-state index contributed by atoms with van der Waals surface area (Å²) in [4.78, 5) is 38.4. The number of ether oxygens (including phenoxy) is 2. The highest BCUT2D eigenvalue weighted by molar-refractivity contribution is 5.88. The zero-order valence-electron chi connectivity index (χ0n) is 18.1. The molecular formula is C25H26N2O6. The van der Waals surface area contributed by atoms with Crippen LogP contribution >= 0.6 is 0 Å². The molecule has 1 aliphatic carbocycles. The second-order valence-corrected chi connectivity index (χ2v) is 8.68. The van der Waals surface area contributed by atoms with Crippen LogP contribution in [-0.4, -0.2) is 65.9 Å². The third-order valence-electron chi connectivity index (χ3n) is 6.80. The molecule has 2 heterocycles. The van der Waals surface area contributed by atoms with Crippen molar-refractivity contribution in [2.24, 2.45) is 0 Å². The molecule has 3 atom stereocenters. The molecule has 2 aromatic rings. The Morgan fingerprint density at radius 2 is 1.70 bits per heavy atom. The molecule has 0 bridgehead atoms. The highest BCUT2D eigenvalue weighted by atomic mass is 16.6. The number of nitrogens with zero attached hydrogens (tertiary/aromatic N) is 1. The smallest absolute Gasteiger partial charge is 0.407 e. The van der Waals surface area contributed by atoms with Crippen molar-refractivity contribution in [3.05, 3.63) is 59.7 Å². The molecule has 2 saturated heterocycles. The van der Waals surface area contributed by atoms with Crippen LogP contribution in [0.5, 0.6) is 0 Å². The van der Waals surface area contributed by atoms with E-state index in [4.69, 9.17) is 9.47 Å². The molecule has 5 rings (SSSR count). The topological polar surface area (TPSA) is 105 Å². The Morgan fingerprint density at radius 3 is 2.36 bits per heavy atom. The van der Waals surface area contributed by atoms with Gasteiger partial charge in [0.1, 0.15) is 12.6 Å². The lowest BCUT2D eigenvalue weighted by Crippen LogP contribution is -2.52. The lowest BCUT2D eigenvalue weighted by atomic mass is 9.98. The molecule has 172 valence electrons. The molecule has 0 aromatic heterocycles. The van der Waals surface area contributed by atoms with Gasteiger partial charge in [-0.2, -0.15) is 0 Å². The predicted molar refractivity (Wildman–Crippen MR) is 119 cm³/mol. The number of carbonyl (C=O) groups excluding carboxylic acids is 2. The molecule has 2 fully saturated rings. The molecular weight excluding hydrogens is 424 g/mol.